The Morgan fingerprint density at radius 3 is 2.76 bits per heavy atom. The van der Waals surface area contributed by atoms with Crippen molar-refractivity contribution in [1.82, 2.24) is 4.98 Å². The van der Waals surface area contributed by atoms with Gasteiger partial charge in [-0.25, -0.2) is 4.98 Å². The van der Waals surface area contributed by atoms with Gasteiger partial charge in [0.05, 0.1) is 25.0 Å². The predicted octanol–water partition coefficient (Wildman–Crippen LogP) is 3.46. The topological polar surface area (TPSA) is 48.4 Å². The summed E-state index contributed by atoms with van der Waals surface area (Å²) in [7, 11) is 1.64. The first-order chi connectivity index (χ1) is 10.2. The molecule has 4 nitrogen and oxygen atoms in total. The summed E-state index contributed by atoms with van der Waals surface area (Å²) in [6, 6.07) is 7.95. The Morgan fingerprint density at radius 2 is 2.10 bits per heavy atom. The highest BCUT2D eigenvalue weighted by Crippen LogP contribution is 2.27. The van der Waals surface area contributed by atoms with Crippen LogP contribution < -0.4 is 4.74 Å². The smallest absolute Gasteiger partial charge is 0.316 e. The minimum absolute atomic E-state index is 0.211. The van der Waals surface area contributed by atoms with Crippen LogP contribution in [0, 0.1) is 0 Å². The lowest BCUT2D eigenvalue weighted by Crippen LogP contribution is -2.07. The molecule has 0 aliphatic heterocycles. The van der Waals surface area contributed by atoms with Gasteiger partial charge in [-0.05, 0) is 37.1 Å². The van der Waals surface area contributed by atoms with Gasteiger partial charge in [0.15, 0.2) is 0 Å². The summed E-state index contributed by atoms with van der Waals surface area (Å²) in [5, 5.41) is 1.96. The van der Waals surface area contributed by atoms with Crippen LogP contribution in [0.3, 0.4) is 0 Å². The first-order valence-electron chi connectivity index (χ1n) is 6.94. The molecular weight excluding hydrogens is 286 g/mol. The maximum absolute atomic E-state index is 11.5. The molecule has 0 fully saturated rings. The van der Waals surface area contributed by atoms with Gasteiger partial charge in [-0.3, -0.25) is 4.79 Å². The zero-order valence-corrected chi connectivity index (χ0v) is 13.3. The van der Waals surface area contributed by atoms with Crippen molar-refractivity contribution >= 4 is 28.6 Å². The fourth-order valence-corrected chi connectivity index (χ4v) is 2.90. The van der Waals surface area contributed by atoms with Gasteiger partial charge in [0.2, 0.25) is 0 Å². The van der Waals surface area contributed by atoms with Crippen LogP contribution in [0.4, 0.5) is 0 Å². The number of benzene rings is 1. The van der Waals surface area contributed by atoms with Crippen LogP contribution in [0.1, 0.15) is 19.4 Å². The molecule has 0 saturated carbocycles. The minimum atomic E-state index is -0.211. The number of esters is 1. The average Bonchev–Trinajstić information content (AvgIpc) is 2.51. The highest BCUT2D eigenvalue weighted by atomic mass is 32.2. The molecule has 0 N–H and O–H groups in total. The fraction of sp³-hybridized carbons (Fsp3) is 0.375. The van der Waals surface area contributed by atoms with Crippen molar-refractivity contribution in [3.63, 3.8) is 0 Å². The van der Waals surface area contributed by atoms with Gasteiger partial charge >= 0.3 is 5.97 Å². The summed E-state index contributed by atoms with van der Waals surface area (Å²) in [6.45, 7) is 4.30. The van der Waals surface area contributed by atoms with Crippen molar-refractivity contribution in [2.45, 2.75) is 25.3 Å². The summed E-state index contributed by atoms with van der Waals surface area (Å²) < 4.78 is 10.2. The van der Waals surface area contributed by atoms with Crippen LogP contribution in [0.15, 0.2) is 29.3 Å². The Kier molecular flexibility index (Phi) is 5.44. The van der Waals surface area contributed by atoms with E-state index in [9.17, 15) is 4.79 Å². The number of hydrogen-bond donors (Lipinski definition) is 0. The van der Waals surface area contributed by atoms with E-state index in [-0.39, 0.29) is 11.7 Å². The van der Waals surface area contributed by atoms with E-state index in [1.54, 1.807) is 14.0 Å². The van der Waals surface area contributed by atoms with Crippen molar-refractivity contribution in [1.29, 1.82) is 0 Å². The third kappa shape index (κ3) is 3.88. The van der Waals surface area contributed by atoms with E-state index >= 15 is 0 Å². The van der Waals surface area contributed by atoms with Crippen molar-refractivity contribution in [3.05, 3.63) is 29.8 Å². The van der Waals surface area contributed by atoms with Gasteiger partial charge in [0, 0.05) is 11.5 Å². The van der Waals surface area contributed by atoms with Crippen molar-refractivity contribution in [3.8, 4) is 5.75 Å². The van der Waals surface area contributed by atoms with Crippen LogP contribution >= 0.6 is 11.8 Å². The molecular formula is C16H19NO3S. The van der Waals surface area contributed by atoms with E-state index in [2.05, 4.69) is 18.0 Å². The number of ether oxygens (including phenoxy) is 2. The SMILES string of the molecule is CCOC(=O)CSc1nc2cc(OC)ccc2cc1CC. The molecule has 0 radical (unpaired) electrons. The van der Waals surface area contributed by atoms with Crippen LogP contribution in [0.5, 0.6) is 5.75 Å². The maximum atomic E-state index is 11.5. The van der Waals surface area contributed by atoms with E-state index in [4.69, 9.17) is 9.47 Å². The van der Waals surface area contributed by atoms with E-state index in [1.807, 2.05) is 18.2 Å². The van der Waals surface area contributed by atoms with Gasteiger partial charge in [-0.15, -0.1) is 0 Å². The molecule has 0 unspecified atom stereocenters. The van der Waals surface area contributed by atoms with Gasteiger partial charge in [0.25, 0.3) is 0 Å². The molecule has 0 saturated heterocycles. The molecule has 2 aromatic rings. The first kappa shape index (κ1) is 15.6. The lowest BCUT2D eigenvalue weighted by molar-refractivity contribution is -0.139. The number of thioether (sulfide) groups is 1. The second-order valence-electron chi connectivity index (χ2n) is 4.46. The Bertz CT molecular complexity index is 643. The summed E-state index contributed by atoms with van der Waals surface area (Å²) in [5.41, 5.74) is 2.01. The molecule has 5 heteroatoms. The number of pyridine rings is 1. The Balaban J connectivity index is 2.29. The number of rotatable bonds is 6. The van der Waals surface area contributed by atoms with Crippen molar-refractivity contribution < 1.29 is 14.3 Å². The molecule has 0 aliphatic carbocycles. The fourth-order valence-electron chi connectivity index (χ4n) is 2.01. The maximum Gasteiger partial charge on any atom is 0.316 e. The Morgan fingerprint density at radius 1 is 1.29 bits per heavy atom. The van der Waals surface area contributed by atoms with Gasteiger partial charge in [-0.1, -0.05) is 18.7 Å². The standard InChI is InChI=1S/C16H19NO3S/c1-4-11-8-12-6-7-13(19-3)9-14(12)17-16(11)21-10-15(18)20-5-2/h6-9H,4-5,10H2,1-3H3. The molecule has 0 bridgehead atoms. The van der Waals surface area contributed by atoms with E-state index < -0.39 is 0 Å². The molecule has 0 aliphatic rings. The van der Waals surface area contributed by atoms with Crippen LogP contribution in [-0.2, 0) is 16.0 Å². The molecule has 112 valence electrons. The number of aryl methyl sites for hydroxylation is 1. The largest absolute Gasteiger partial charge is 0.497 e. The molecule has 1 heterocycles. The summed E-state index contributed by atoms with van der Waals surface area (Å²) in [6.07, 6.45) is 0.875. The number of methoxy groups -OCH3 is 1. The lowest BCUT2D eigenvalue weighted by Gasteiger charge is -2.09. The summed E-state index contributed by atoms with van der Waals surface area (Å²) in [5.74, 6) is 0.848. The zero-order chi connectivity index (χ0) is 15.2. The highest BCUT2D eigenvalue weighted by molar-refractivity contribution is 7.99. The second kappa shape index (κ2) is 7.31. The molecule has 0 atom stereocenters. The van der Waals surface area contributed by atoms with Crippen molar-refractivity contribution in [2.75, 3.05) is 19.5 Å². The minimum Gasteiger partial charge on any atom is -0.497 e. The average molecular weight is 305 g/mol. The quantitative estimate of drug-likeness (QED) is 0.604. The molecule has 1 aromatic heterocycles. The third-order valence-corrected chi connectivity index (χ3v) is 4.08. The van der Waals surface area contributed by atoms with E-state index in [0.717, 1.165) is 33.7 Å². The van der Waals surface area contributed by atoms with Crippen LogP contribution in [0.2, 0.25) is 0 Å². The number of carbonyl (C=O) groups is 1. The number of fused-ring (bicyclic) bond motifs is 1. The summed E-state index contributed by atoms with van der Waals surface area (Å²) in [4.78, 5) is 16.2. The van der Waals surface area contributed by atoms with E-state index in [1.165, 1.54) is 11.8 Å². The van der Waals surface area contributed by atoms with Gasteiger partial charge in [0.1, 0.15) is 10.8 Å². The van der Waals surface area contributed by atoms with Gasteiger partial charge in [-0.2, -0.15) is 0 Å². The molecule has 21 heavy (non-hydrogen) atoms. The Hall–Kier alpha value is -1.75. The molecule has 0 amide bonds. The van der Waals surface area contributed by atoms with Gasteiger partial charge < -0.3 is 9.47 Å². The van der Waals surface area contributed by atoms with Crippen molar-refractivity contribution in [2.24, 2.45) is 0 Å². The van der Waals surface area contributed by atoms with Crippen LogP contribution in [-0.4, -0.2) is 30.4 Å². The van der Waals surface area contributed by atoms with Crippen LogP contribution in [0.25, 0.3) is 10.9 Å². The number of carbonyl (C=O) groups excluding carboxylic acids is 1. The number of aromatic nitrogens is 1. The lowest BCUT2D eigenvalue weighted by atomic mass is 10.1. The normalized spacial score (nSPS) is 10.6. The molecule has 1 aromatic carbocycles. The third-order valence-electron chi connectivity index (χ3n) is 3.08. The predicted molar refractivity (Wildman–Crippen MR) is 85.0 cm³/mol. The monoisotopic (exact) mass is 305 g/mol. The highest BCUT2D eigenvalue weighted by Gasteiger charge is 2.10. The Labute approximate surface area is 128 Å². The molecule has 0 spiro atoms. The summed E-state index contributed by atoms with van der Waals surface area (Å²) >= 11 is 1.42. The van der Waals surface area contributed by atoms with E-state index in [0.29, 0.717) is 6.61 Å². The first-order valence-corrected chi connectivity index (χ1v) is 7.92. The second-order valence-corrected chi connectivity index (χ2v) is 5.42. The zero-order valence-electron chi connectivity index (χ0n) is 12.5. The number of nitrogens with zero attached hydrogens (tertiary/aromatic N) is 1. The molecule has 2 rings (SSSR count). The number of hydrogen-bond acceptors (Lipinski definition) is 5.